The monoisotopic (exact) mass is 501 g/mol. The number of hydrogen-bond acceptors (Lipinski definition) is 6. The van der Waals surface area contributed by atoms with Gasteiger partial charge in [0.1, 0.15) is 5.82 Å². The summed E-state index contributed by atoms with van der Waals surface area (Å²) in [5, 5.41) is 13.5. The Bertz CT molecular complexity index is 1250. The molecule has 190 valence electrons. The Hall–Kier alpha value is -3.73. The number of nitrogens with zero attached hydrogens (tertiary/aromatic N) is 2. The summed E-state index contributed by atoms with van der Waals surface area (Å²) < 4.78 is 53.8. The zero-order valence-electron chi connectivity index (χ0n) is 19.7. The van der Waals surface area contributed by atoms with Crippen LogP contribution in [0.25, 0.3) is 11.3 Å². The fourth-order valence-corrected chi connectivity index (χ4v) is 4.45. The average Bonchev–Trinajstić information content (AvgIpc) is 3.28. The molecule has 3 N–H and O–H groups in total. The molecule has 0 spiro atoms. The summed E-state index contributed by atoms with van der Waals surface area (Å²) in [6.07, 6.45) is -4.73. The largest absolute Gasteiger partial charge is 0.493 e. The lowest BCUT2D eigenvalue weighted by Crippen LogP contribution is -2.56. The number of amides is 1. The molecule has 0 unspecified atom stereocenters. The highest BCUT2D eigenvalue weighted by atomic mass is 19.4. The molecule has 36 heavy (non-hydrogen) atoms. The predicted octanol–water partition coefficient (Wildman–Crippen LogP) is 3.93. The van der Waals surface area contributed by atoms with Crippen LogP contribution in [0.15, 0.2) is 48.5 Å². The SMILES string of the molecule is COc1ccc([C@@H]2C[C@H](C(F)(F)F)n3nc(-c4ccc(C(=O)NC5CNC5)cc4)cc3N2)cc1OC. The molecule has 0 saturated carbocycles. The lowest BCUT2D eigenvalue weighted by molar-refractivity contribution is -0.173. The minimum Gasteiger partial charge on any atom is -0.493 e. The first-order valence-electron chi connectivity index (χ1n) is 11.5. The van der Waals surface area contributed by atoms with Gasteiger partial charge in [-0.2, -0.15) is 18.3 Å². The Morgan fingerprint density at radius 3 is 2.39 bits per heavy atom. The normalized spacial score (nSPS) is 19.6. The predicted molar refractivity (Wildman–Crippen MR) is 127 cm³/mol. The first kappa shape index (κ1) is 24.0. The molecule has 2 aromatic carbocycles. The first-order chi connectivity index (χ1) is 17.3. The van der Waals surface area contributed by atoms with E-state index in [1.54, 1.807) is 48.5 Å². The van der Waals surface area contributed by atoms with Gasteiger partial charge in [0.25, 0.3) is 5.91 Å². The van der Waals surface area contributed by atoms with E-state index >= 15 is 0 Å². The second kappa shape index (κ2) is 9.38. The molecular formula is C25H26F3N5O3. The summed E-state index contributed by atoms with van der Waals surface area (Å²) in [7, 11) is 2.98. The van der Waals surface area contributed by atoms with Crippen molar-refractivity contribution < 1.29 is 27.4 Å². The fourth-order valence-electron chi connectivity index (χ4n) is 4.45. The van der Waals surface area contributed by atoms with Gasteiger partial charge in [0, 0.05) is 36.7 Å². The molecule has 0 bridgehead atoms. The van der Waals surface area contributed by atoms with Crippen LogP contribution in [0, 0.1) is 0 Å². The summed E-state index contributed by atoms with van der Waals surface area (Å²) >= 11 is 0. The van der Waals surface area contributed by atoms with E-state index in [9.17, 15) is 18.0 Å². The van der Waals surface area contributed by atoms with Gasteiger partial charge in [-0.1, -0.05) is 18.2 Å². The van der Waals surface area contributed by atoms with Gasteiger partial charge in [0.15, 0.2) is 17.5 Å². The van der Waals surface area contributed by atoms with Crippen molar-refractivity contribution in [1.82, 2.24) is 20.4 Å². The molecule has 3 aromatic rings. The van der Waals surface area contributed by atoms with Crippen LogP contribution in [0.1, 0.15) is 34.4 Å². The quantitative estimate of drug-likeness (QED) is 0.475. The molecule has 1 saturated heterocycles. The number of fused-ring (bicyclic) bond motifs is 1. The van der Waals surface area contributed by atoms with Gasteiger partial charge in [-0.25, -0.2) is 4.68 Å². The van der Waals surface area contributed by atoms with Crippen LogP contribution in [0.4, 0.5) is 19.0 Å². The van der Waals surface area contributed by atoms with Gasteiger partial charge in [0.2, 0.25) is 0 Å². The molecular weight excluding hydrogens is 475 g/mol. The smallest absolute Gasteiger partial charge is 0.410 e. The first-order valence-corrected chi connectivity index (χ1v) is 11.5. The minimum absolute atomic E-state index is 0.112. The molecule has 0 radical (unpaired) electrons. The Kier molecular flexibility index (Phi) is 6.25. The van der Waals surface area contributed by atoms with Crippen molar-refractivity contribution in [2.75, 3.05) is 32.6 Å². The number of halogens is 3. The highest BCUT2D eigenvalue weighted by molar-refractivity contribution is 5.95. The molecule has 0 aliphatic carbocycles. The van der Waals surface area contributed by atoms with E-state index in [0.29, 0.717) is 33.9 Å². The van der Waals surface area contributed by atoms with Crippen LogP contribution >= 0.6 is 0 Å². The van der Waals surface area contributed by atoms with Gasteiger partial charge in [0.05, 0.1) is 32.0 Å². The number of hydrogen-bond donors (Lipinski definition) is 3. The zero-order chi connectivity index (χ0) is 25.4. The van der Waals surface area contributed by atoms with E-state index in [4.69, 9.17) is 9.47 Å². The number of methoxy groups -OCH3 is 2. The maximum absolute atomic E-state index is 14.1. The maximum Gasteiger partial charge on any atom is 0.410 e. The molecule has 1 amide bonds. The van der Waals surface area contributed by atoms with E-state index < -0.39 is 18.3 Å². The minimum atomic E-state index is -4.49. The second-order valence-corrected chi connectivity index (χ2v) is 8.87. The molecule has 2 aliphatic rings. The topological polar surface area (TPSA) is 89.4 Å². The molecule has 2 aliphatic heterocycles. The van der Waals surface area contributed by atoms with Crippen molar-refractivity contribution in [3.63, 3.8) is 0 Å². The Morgan fingerprint density at radius 2 is 1.78 bits per heavy atom. The number of alkyl halides is 3. The van der Waals surface area contributed by atoms with Gasteiger partial charge < -0.3 is 25.4 Å². The third-order valence-electron chi connectivity index (χ3n) is 6.56. The number of carbonyl (C=O) groups excluding carboxylic acids is 1. The Balaban J connectivity index is 1.42. The molecule has 3 heterocycles. The molecule has 8 nitrogen and oxygen atoms in total. The van der Waals surface area contributed by atoms with Crippen LogP contribution in [0.2, 0.25) is 0 Å². The van der Waals surface area contributed by atoms with Crippen molar-refractivity contribution in [3.05, 3.63) is 59.7 Å². The maximum atomic E-state index is 14.1. The lowest BCUT2D eigenvalue weighted by atomic mass is 9.96. The number of rotatable bonds is 6. The molecule has 1 aromatic heterocycles. The molecule has 11 heteroatoms. The van der Waals surface area contributed by atoms with E-state index in [2.05, 4.69) is 21.0 Å². The van der Waals surface area contributed by atoms with Crippen LogP contribution in [-0.2, 0) is 0 Å². The van der Waals surface area contributed by atoms with E-state index in [1.165, 1.54) is 14.2 Å². The van der Waals surface area contributed by atoms with Gasteiger partial charge in [-0.05, 0) is 29.8 Å². The van der Waals surface area contributed by atoms with Crippen molar-refractivity contribution >= 4 is 11.7 Å². The summed E-state index contributed by atoms with van der Waals surface area (Å²) in [4.78, 5) is 12.4. The Labute approximate surface area is 205 Å². The number of benzene rings is 2. The average molecular weight is 502 g/mol. The summed E-state index contributed by atoms with van der Waals surface area (Å²) in [5.41, 5.74) is 2.13. The summed E-state index contributed by atoms with van der Waals surface area (Å²) in [6.45, 7) is 1.48. The summed E-state index contributed by atoms with van der Waals surface area (Å²) in [6, 6.07) is 11.1. The van der Waals surface area contributed by atoms with Crippen LogP contribution in [0.3, 0.4) is 0 Å². The zero-order valence-corrected chi connectivity index (χ0v) is 19.7. The van der Waals surface area contributed by atoms with Crippen molar-refractivity contribution in [1.29, 1.82) is 0 Å². The molecule has 1 fully saturated rings. The third kappa shape index (κ3) is 4.58. The van der Waals surface area contributed by atoms with Crippen molar-refractivity contribution in [3.8, 4) is 22.8 Å². The van der Waals surface area contributed by atoms with Crippen LogP contribution in [0.5, 0.6) is 11.5 Å². The van der Waals surface area contributed by atoms with Crippen molar-refractivity contribution in [2.24, 2.45) is 0 Å². The molecule has 2 atom stereocenters. The highest BCUT2D eigenvalue weighted by Gasteiger charge is 2.46. The standard InChI is InChI=1S/C25H26F3N5O3/c1-35-20-8-7-16(9-21(20)36-2)18-10-22(25(26,27)28)33-23(31-18)11-19(32-33)14-3-5-15(6-4-14)24(34)30-17-12-29-13-17/h3-9,11,17-18,22,29,31H,10,12-13H2,1-2H3,(H,30,34)/t18-,22+/m0/s1. The van der Waals surface area contributed by atoms with E-state index in [0.717, 1.165) is 17.8 Å². The highest BCUT2D eigenvalue weighted by Crippen LogP contribution is 2.45. The van der Waals surface area contributed by atoms with Gasteiger partial charge in [-0.3, -0.25) is 4.79 Å². The third-order valence-corrected chi connectivity index (χ3v) is 6.56. The fraction of sp³-hybridized carbons (Fsp3) is 0.360. The summed E-state index contributed by atoms with van der Waals surface area (Å²) in [5.74, 6) is 1.02. The van der Waals surface area contributed by atoms with Crippen LogP contribution < -0.4 is 25.4 Å². The number of carbonyl (C=O) groups is 1. The van der Waals surface area contributed by atoms with Gasteiger partial charge >= 0.3 is 6.18 Å². The van der Waals surface area contributed by atoms with Crippen molar-refractivity contribution in [2.45, 2.75) is 30.7 Å². The second-order valence-electron chi connectivity index (χ2n) is 8.87. The number of nitrogens with one attached hydrogen (secondary N) is 3. The molecule has 5 rings (SSSR count). The lowest BCUT2D eigenvalue weighted by Gasteiger charge is -2.33. The number of aromatic nitrogens is 2. The van der Waals surface area contributed by atoms with Crippen LogP contribution in [-0.4, -0.2) is 55.2 Å². The van der Waals surface area contributed by atoms with E-state index in [1.807, 2.05) is 0 Å². The number of ether oxygens (including phenoxy) is 2. The number of anilines is 1. The van der Waals surface area contributed by atoms with E-state index in [-0.39, 0.29) is 24.2 Å². The Morgan fingerprint density at radius 1 is 1.06 bits per heavy atom. The van der Waals surface area contributed by atoms with Gasteiger partial charge in [-0.15, -0.1) is 0 Å².